The van der Waals surface area contributed by atoms with Gasteiger partial charge in [0, 0.05) is 30.6 Å². The minimum absolute atomic E-state index is 0.0882. The molecule has 0 atom stereocenters. The maximum absolute atomic E-state index is 12.3. The maximum atomic E-state index is 12.3. The summed E-state index contributed by atoms with van der Waals surface area (Å²) in [6, 6.07) is 7.21. The van der Waals surface area contributed by atoms with Crippen LogP contribution in [0, 0.1) is 0 Å². The lowest BCUT2D eigenvalue weighted by Crippen LogP contribution is -2.29. The molecule has 2 aromatic rings. The number of aromatic nitrogens is 1. The SMILES string of the molecule is CN(C)CCCNC(=O)c1cn(C)c(=O)c2ccccc12. The van der Waals surface area contributed by atoms with Crippen LogP contribution in [0.15, 0.2) is 35.3 Å². The summed E-state index contributed by atoms with van der Waals surface area (Å²) >= 11 is 0. The van der Waals surface area contributed by atoms with Gasteiger partial charge in [0.1, 0.15) is 0 Å². The van der Waals surface area contributed by atoms with Crippen molar-refractivity contribution < 1.29 is 4.79 Å². The molecular formula is C16H21N3O2. The Balaban J connectivity index is 2.23. The Morgan fingerprint density at radius 1 is 1.24 bits per heavy atom. The van der Waals surface area contributed by atoms with E-state index in [9.17, 15) is 9.59 Å². The minimum atomic E-state index is -0.138. The number of pyridine rings is 1. The fourth-order valence-electron chi connectivity index (χ4n) is 2.29. The molecule has 0 aliphatic heterocycles. The summed E-state index contributed by atoms with van der Waals surface area (Å²) in [7, 11) is 5.67. The minimum Gasteiger partial charge on any atom is -0.352 e. The van der Waals surface area contributed by atoms with Crippen molar-refractivity contribution in [2.75, 3.05) is 27.2 Å². The molecular weight excluding hydrogens is 266 g/mol. The van der Waals surface area contributed by atoms with Crippen LogP contribution in [0.1, 0.15) is 16.8 Å². The van der Waals surface area contributed by atoms with E-state index in [0.29, 0.717) is 22.9 Å². The van der Waals surface area contributed by atoms with E-state index < -0.39 is 0 Å². The molecule has 0 bridgehead atoms. The Kier molecular flexibility index (Phi) is 4.75. The molecule has 0 fully saturated rings. The van der Waals surface area contributed by atoms with Gasteiger partial charge in [0.2, 0.25) is 0 Å². The van der Waals surface area contributed by atoms with Crippen LogP contribution in [0.4, 0.5) is 0 Å². The molecule has 0 aliphatic carbocycles. The molecule has 1 aromatic heterocycles. The van der Waals surface area contributed by atoms with Crippen molar-refractivity contribution in [3.8, 4) is 0 Å². The second-order valence-corrected chi connectivity index (χ2v) is 5.42. The quantitative estimate of drug-likeness (QED) is 0.841. The van der Waals surface area contributed by atoms with Gasteiger partial charge in [-0.1, -0.05) is 18.2 Å². The maximum Gasteiger partial charge on any atom is 0.258 e. The highest BCUT2D eigenvalue weighted by atomic mass is 16.2. The molecule has 2 rings (SSSR count). The van der Waals surface area contributed by atoms with E-state index in [-0.39, 0.29) is 11.5 Å². The van der Waals surface area contributed by atoms with Gasteiger partial charge in [-0.25, -0.2) is 0 Å². The number of hydrogen-bond acceptors (Lipinski definition) is 3. The standard InChI is InChI=1S/C16H21N3O2/c1-18(2)10-6-9-17-15(20)14-11-19(3)16(21)13-8-5-4-7-12(13)14/h4-5,7-8,11H,6,9-10H2,1-3H3,(H,17,20). The van der Waals surface area contributed by atoms with Crippen molar-refractivity contribution in [2.45, 2.75) is 6.42 Å². The molecule has 0 saturated heterocycles. The molecule has 1 aromatic carbocycles. The monoisotopic (exact) mass is 287 g/mol. The highest BCUT2D eigenvalue weighted by molar-refractivity contribution is 6.06. The van der Waals surface area contributed by atoms with Crippen LogP contribution in [-0.2, 0) is 7.05 Å². The zero-order valence-electron chi connectivity index (χ0n) is 12.7. The van der Waals surface area contributed by atoms with Crippen molar-refractivity contribution in [1.29, 1.82) is 0 Å². The van der Waals surface area contributed by atoms with E-state index >= 15 is 0 Å². The van der Waals surface area contributed by atoms with Gasteiger partial charge in [-0.3, -0.25) is 9.59 Å². The third-order valence-electron chi connectivity index (χ3n) is 3.40. The van der Waals surface area contributed by atoms with Crippen molar-refractivity contribution in [3.05, 3.63) is 46.4 Å². The molecule has 1 heterocycles. The molecule has 0 aliphatic rings. The third-order valence-corrected chi connectivity index (χ3v) is 3.40. The zero-order chi connectivity index (χ0) is 15.4. The van der Waals surface area contributed by atoms with Crippen LogP contribution < -0.4 is 10.9 Å². The number of aryl methyl sites for hydroxylation is 1. The second kappa shape index (κ2) is 6.54. The van der Waals surface area contributed by atoms with Crippen LogP contribution >= 0.6 is 0 Å². The van der Waals surface area contributed by atoms with Crippen LogP contribution in [0.25, 0.3) is 10.8 Å². The van der Waals surface area contributed by atoms with Gasteiger partial charge >= 0.3 is 0 Å². The Hall–Kier alpha value is -2.14. The first kappa shape index (κ1) is 15.3. The number of benzene rings is 1. The van der Waals surface area contributed by atoms with E-state index in [4.69, 9.17) is 0 Å². The predicted molar refractivity (Wildman–Crippen MR) is 84.7 cm³/mol. The Morgan fingerprint density at radius 2 is 1.90 bits per heavy atom. The van der Waals surface area contributed by atoms with Gasteiger partial charge < -0.3 is 14.8 Å². The molecule has 1 N–H and O–H groups in total. The molecule has 0 saturated carbocycles. The summed E-state index contributed by atoms with van der Waals surface area (Å²) in [5.41, 5.74) is 0.451. The Morgan fingerprint density at radius 3 is 2.57 bits per heavy atom. The van der Waals surface area contributed by atoms with Crippen molar-refractivity contribution in [1.82, 2.24) is 14.8 Å². The topological polar surface area (TPSA) is 54.3 Å². The van der Waals surface area contributed by atoms with E-state index in [1.807, 2.05) is 32.3 Å². The van der Waals surface area contributed by atoms with Crippen LogP contribution in [0.2, 0.25) is 0 Å². The van der Waals surface area contributed by atoms with Crippen molar-refractivity contribution in [3.63, 3.8) is 0 Å². The Bertz CT molecular complexity index is 704. The summed E-state index contributed by atoms with van der Waals surface area (Å²) < 4.78 is 1.46. The molecule has 112 valence electrons. The van der Waals surface area contributed by atoms with Crippen molar-refractivity contribution in [2.24, 2.45) is 7.05 Å². The number of amides is 1. The van der Waals surface area contributed by atoms with Gasteiger partial charge in [-0.15, -0.1) is 0 Å². The normalized spacial score (nSPS) is 11.0. The summed E-state index contributed by atoms with van der Waals surface area (Å²) in [5.74, 6) is -0.138. The average molecular weight is 287 g/mol. The fourth-order valence-corrected chi connectivity index (χ4v) is 2.29. The number of rotatable bonds is 5. The number of nitrogens with one attached hydrogen (secondary N) is 1. The smallest absolute Gasteiger partial charge is 0.258 e. The van der Waals surface area contributed by atoms with E-state index in [0.717, 1.165) is 13.0 Å². The number of carbonyl (C=O) groups excluding carboxylic acids is 1. The lowest BCUT2D eigenvalue weighted by Gasteiger charge is -2.11. The molecule has 5 nitrogen and oxygen atoms in total. The molecule has 1 amide bonds. The third kappa shape index (κ3) is 3.49. The number of nitrogens with zero attached hydrogens (tertiary/aromatic N) is 2. The Labute approximate surface area is 124 Å². The first-order valence-corrected chi connectivity index (χ1v) is 7.02. The molecule has 21 heavy (non-hydrogen) atoms. The predicted octanol–water partition coefficient (Wildman–Crippen LogP) is 1.22. The summed E-state index contributed by atoms with van der Waals surface area (Å²) in [6.07, 6.45) is 2.49. The van der Waals surface area contributed by atoms with Crippen LogP contribution in [0.5, 0.6) is 0 Å². The average Bonchev–Trinajstić information content (AvgIpc) is 2.47. The highest BCUT2D eigenvalue weighted by Crippen LogP contribution is 2.14. The summed E-state index contributed by atoms with van der Waals surface area (Å²) in [6.45, 7) is 1.54. The zero-order valence-corrected chi connectivity index (χ0v) is 12.7. The lowest BCUT2D eigenvalue weighted by atomic mass is 10.1. The lowest BCUT2D eigenvalue weighted by molar-refractivity contribution is 0.0953. The van der Waals surface area contributed by atoms with Gasteiger partial charge in [0.05, 0.1) is 5.56 Å². The highest BCUT2D eigenvalue weighted by Gasteiger charge is 2.12. The first-order chi connectivity index (χ1) is 10.0. The van der Waals surface area contributed by atoms with E-state index in [1.54, 1.807) is 19.3 Å². The summed E-state index contributed by atoms with van der Waals surface area (Å²) in [4.78, 5) is 26.5. The van der Waals surface area contributed by atoms with E-state index in [1.165, 1.54) is 4.57 Å². The second-order valence-electron chi connectivity index (χ2n) is 5.42. The van der Waals surface area contributed by atoms with Gasteiger partial charge in [0.25, 0.3) is 11.5 Å². The molecule has 0 spiro atoms. The number of hydrogen-bond donors (Lipinski definition) is 1. The van der Waals surface area contributed by atoms with Crippen LogP contribution in [0.3, 0.4) is 0 Å². The largest absolute Gasteiger partial charge is 0.352 e. The molecule has 5 heteroatoms. The van der Waals surface area contributed by atoms with Crippen LogP contribution in [-0.4, -0.2) is 42.6 Å². The van der Waals surface area contributed by atoms with Gasteiger partial charge in [-0.2, -0.15) is 0 Å². The number of fused-ring (bicyclic) bond motifs is 1. The van der Waals surface area contributed by atoms with Gasteiger partial charge in [0.15, 0.2) is 0 Å². The fraction of sp³-hybridized carbons (Fsp3) is 0.375. The molecule has 0 radical (unpaired) electrons. The van der Waals surface area contributed by atoms with Gasteiger partial charge in [-0.05, 0) is 33.1 Å². The van der Waals surface area contributed by atoms with Crippen molar-refractivity contribution >= 4 is 16.7 Å². The molecule has 0 unspecified atom stereocenters. The van der Waals surface area contributed by atoms with E-state index in [2.05, 4.69) is 10.2 Å². The summed E-state index contributed by atoms with van der Waals surface area (Å²) in [5, 5.41) is 4.18. The first-order valence-electron chi connectivity index (χ1n) is 7.02. The number of carbonyl (C=O) groups is 1.